The summed E-state index contributed by atoms with van der Waals surface area (Å²) >= 11 is 0. The highest BCUT2D eigenvalue weighted by atomic mass is 19.1. The Kier molecular flexibility index (Phi) is 4.51. The molecule has 2 aromatic heterocycles. The predicted octanol–water partition coefficient (Wildman–Crippen LogP) is 1.88. The molecule has 8 heteroatoms. The van der Waals surface area contributed by atoms with Gasteiger partial charge >= 0.3 is 5.97 Å². The van der Waals surface area contributed by atoms with Crippen molar-refractivity contribution in [1.82, 2.24) is 20.1 Å². The molecule has 0 saturated carbocycles. The van der Waals surface area contributed by atoms with E-state index in [0.717, 1.165) is 5.39 Å². The van der Waals surface area contributed by atoms with Gasteiger partial charge in [-0.3, -0.25) is 9.48 Å². The van der Waals surface area contributed by atoms with Crippen molar-refractivity contribution in [3.05, 3.63) is 54.2 Å². The van der Waals surface area contributed by atoms with Crippen LogP contribution in [0.4, 0.5) is 4.39 Å². The van der Waals surface area contributed by atoms with E-state index in [9.17, 15) is 19.1 Å². The Labute approximate surface area is 142 Å². The van der Waals surface area contributed by atoms with Crippen LogP contribution in [0.15, 0.2) is 42.9 Å². The zero-order chi connectivity index (χ0) is 18.0. The molecule has 0 aliphatic rings. The van der Waals surface area contributed by atoms with Crippen LogP contribution in [0.25, 0.3) is 10.9 Å². The molecule has 0 unspecified atom stereocenters. The van der Waals surface area contributed by atoms with Gasteiger partial charge in [0.25, 0.3) is 0 Å². The fourth-order valence-corrected chi connectivity index (χ4v) is 2.67. The number of halogens is 1. The van der Waals surface area contributed by atoms with Gasteiger partial charge in [-0.05, 0) is 36.8 Å². The topological polar surface area (TPSA) is 100 Å². The SMILES string of the molecule is C[C@H](C(=O)N[C@@H](Cc1c[nH]c2cc(F)ccc12)C(=O)O)n1cccn1. The van der Waals surface area contributed by atoms with Crippen LogP contribution in [0.2, 0.25) is 0 Å². The lowest BCUT2D eigenvalue weighted by Crippen LogP contribution is -2.45. The average molecular weight is 344 g/mol. The number of nitrogens with zero attached hydrogens (tertiary/aromatic N) is 2. The van der Waals surface area contributed by atoms with Crippen molar-refractivity contribution in [1.29, 1.82) is 0 Å². The van der Waals surface area contributed by atoms with Crippen molar-refractivity contribution < 1.29 is 19.1 Å². The van der Waals surface area contributed by atoms with Crippen molar-refractivity contribution in [2.45, 2.75) is 25.4 Å². The summed E-state index contributed by atoms with van der Waals surface area (Å²) in [6.45, 7) is 1.63. The number of carboxylic acid groups (broad SMARTS) is 1. The number of aliphatic carboxylic acids is 1. The normalized spacial score (nSPS) is 13.5. The van der Waals surface area contributed by atoms with Gasteiger partial charge in [0.15, 0.2) is 0 Å². The number of benzene rings is 1. The van der Waals surface area contributed by atoms with E-state index in [1.54, 1.807) is 37.6 Å². The summed E-state index contributed by atoms with van der Waals surface area (Å²) in [7, 11) is 0. The standard InChI is InChI=1S/C17H17FN4O3/c1-10(22-6-2-5-20-22)16(23)21-15(17(24)25)7-11-9-19-14-8-12(18)3-4-13(11)14/h2-6,8-10,15,19H,7H2,1H3,(H,21,23)(H,24,25)/t10-,15+/m1/s1. The lowest BCUT2D eigenvalue weighted by molar-refractivity contribution is -0.142. The number of carbonyl (C=O) groups excluding carboxylic acids is 1. The Bertz CT molecular complexity index is 904. The first kappa shape index (κ1) is 16.7. The number of aromatic amines is 1. The number of H-pyrrole nitrogens is 1. The highest BCUT2D eigenvalue weighted by Crippen LogP contribution is 2.20. The fraction of sp³-hybridized carbons (Fsp3) is 0.235. The van der Waals surface area contributed by atoms with Gasteiger partial charge in [0.1, 0.15) is 17.9 Å². The molecule has 3 N–H and O–H groups in total. The van der Waals surface area contributed by atoms with Crippen LogP contribution in [-0.4, -0.2) is 37.8 Å². The smallest absolute Gasteiger partial charge is 0.326 e. The summed E-state index contributed by atoms with van der Waals surface area (Å²) in [4.78, 5) is 26.8. The predicted molar refractivity (Wildman–Crippen MR) is 88.5 cm³/mol. The number of fused-ring (bicyclic) bond motifs is 1. The Morgan fingerprint density at radius 1 is 1.44 bits per heavy atom. The molecular weight excluding hydrogens is 327 g/mol. The van der Waals surface area contributed by atoms with E-state index >= 15 is 0 Å². The van der Waals surface area contributed by atoms with Crippen molar-refractivity contribution in [2.24, 2.45) is 0 Å². The van der Waals surface area contributed by atoms with Crippen LogP contribution in [-0.2, 0) is 16.0 Å². The lowest BCUT2D eigenvalue weighted by Gasteiger charge is -2.18. The molecule has 0 saturated heterocycles. The molecule has 0 spiro atoms. The second-order valence-corrected chi connectivity index (χ2v) is 5.77. The summed E-state index contributed by atoms with van der Waals surface area (Å²) < 4.78 is 14.7. The molecule has 7 nitrogen and oxygen atoms in total. The number of nitrogens with one attached hydrogen (secondary N) is 2. The van der Waals surface area contributed by atoms with E-state index in [2.05, 4.69) is 15.4 Å². The number of aromatic nitrogens is 3. The van der Waals surface area contributed by atoms with Crippen LogP contribution in [0.1, 0.15) is 18.5 Å². The summed E-state index contributed by atoms with van der Waals surface area (Å²) in [5.74, 6) is -1.96. The molecule has 0 fully saturated rings. The third-order valence-electron chi connectivity index (χ3n) is 4.07. The maximum absolute atomic E-state index is 13.3. The molecule has 0 aliphatic heterocycles. The van der Waals surface area contributed by atoms with Gasteiger partial charge in [0, 0.05) is 35.9 Å². The van der Waals surface area contributed by atoms with E-state index in [0.29, 0.717) is 11.1 Å². The fourth-order valence-electron chi connectivity index (χ4n) is 2.67. The van der Waals surface area contributed by atoms with Crippen molar-refractivity contribution >= 4 is 22.8 Å². The minimum absolute atomic E-state index is 0.0819. The van der Waals surface area contributed by atoms with Gasteiger partial charge in [-0.1, -0.05) is 0 Å². The molecule has 0 radical (unpaired) electrons. The van der Waals surface area contributed by atoms with Gasteiger partial charge in [-0.25, -0.2) is 9.18 Å². The number of hydrogen-bond acceptors (Lipinski definition) is 3. The summed E-state index contributed by atoms with van der Waals surface area (Å²) in [6.07, 6.45) is 4.89. The molecule has 2 heterocycles. The Morgan fingerprint density at radius 2 is 2.24 bits per heavy atom. The van der Waals surface area contributed by atoms with Crippen LogP contribution in [0, 0.1) is 5.82 Å². The molecule has 130 valence electrons. The molecule has 2 atom stereocenters. The zero-order valence-electron chi connectivity index (χ0n) is 13.4. The lowest BCUT2D eigenvalue weighted by atomic mass is 10.0. The molecule has 0 bridgehead atoms. The van der Waals surface area contributed by atoms with Crippen LogP contribution >= 0.6 is 0 Å². The number of carboxylic acids is 1. The van der Waals surface area contributed by atoms with Crippen LogP contribution < -0.4 is 5.32 Å². The monoisotopic (exact) mass is 344 g/mol. The maximum Gasteiger partial charge on any atom is 0.326 e. The largest absolute Gasteiger partial charge is 0.480 e. The molecule has 1 amide bonds. The average Bonchev–Trinajstić information content (AvgIpc) is 3.23. The molecule has 1 aromatic carbocycles. The second-order valence-electron chi connectivity index (χ2n) is 5.77. The third kappa shape index (κ3) is 3.52. The third-order valence-corrected chi connectivity index (χ3v) is 4.07. The maximum atomic E-state index is 13.3. The molecule has 3 rings (SSSR count). The number of hydrogen-bond donors (Lipinski definition) is 3. The molecule has 25 heavy (non-hydrogen) atoms. The molecule has 0 aliphatic carbocycles. The van der Waals surface area contributed by atoms with E-state index in [1.165, 1.54) is 16.8 Å². The van der Waals surface area contributed by atoms with Gasteiger partial charge in [0.2, 0.25) is 5.91 Å². The number of amides is 1. The summed E-state index contributed by atoms with van der Waals surface area (Å²) in [5, 5.41) is 16.7. The second kappa shape index (κ2) is 6.76. The first-order chi connectivity index (χ1) is 12.0. The van der Waals surface area contributed by atoms with Gasteiger partial charge in [-0.2, -0.15) is 5.10 Å². The van der Waals surface area contributed by atoms with Crippen molar-refractivity contribution in [2.75, 3.05) is 0 Å². The molecular formula is C17H17FN4O3. The first-order valence-electron chi connectivity index (χ1n) is 7.73. The van der Waals surface area contributed by atoms with E-state index in [-0.39, 0.29) is 12.2 Å². The Hall–Kier alpha value is -3.16. The Morgan fingerprint density at radius 3 is 2.92 bits per heavy atom. The first-order valence-corrected chi connectivity index (χ1v) is 7.73. The van der Waals surface area contributed by atoms with E-state index in [4.69, 9.17) is 0 Å². The highest BCUT2D eigenvalue weighted by Gasteiger charge is 2.25. The van der Waals surface area contributed by atoms with Crippen LogP contribution in [0.3, 0.4) is 0 Å². The number of rotatable bonds is 6. The van der Waals surface area contributed by atoms with Gasteiger partial charge < -0.3 is 15.4 Å². The van der Waals surface area contributed by atoms with E-state index < -0.39 is 24.0 Å². The zero-order valence-corrected chi connectivity index (χ0v) is 13.4. The van der Waals surface area contributed by atoms with E-state index in [1.807, 2.05) is 0 Å². The van der Waals surface area contributed by atoms with Gasteiger partial charge in [0.05, 0.1) is 0 Å². The van der Waals surface area contributed by atoms with Crippen molar-refractivity contribution in [3.63, 3.8) is 0 Å². The van der Waals surface area contributed by atoms with Gasteiger partial charge in [-0.15, -0.1) is 0 Å². The summed E-state index contributed by atoms with van der Waals surface area (Å²) in [5.41, 5.74) is 1.27. The minimum atomic E-state index is -1.14. The minimum Gasteiger partial charge on any atom is -0.480 e. The highest BCUT2D eigenvalue weighted by molar-refractivity contribution is 5.87. The summed E-state index contributed by atoms with van der Waals surface area (Å²) in [6, 6.07) is 4.19. The molecule has 3 aromatic rings. The Balaban J connectivity index is 1.77. The van der Waals surface area contributed by atoms with Crippen molar-refractivity contribution in [3.8, 4) is 0 Å². The number of carbonyl (C=O) groups is 2. The van der Waals surface area contributed by atoms with Crippen LogP contribution in [0.5, 0.6) is 0 Å². The quantitative estimate of drug-likeness (QED) is 0.635.